The molecule has 0 spiro atoms. The summed E-state index contributed by atoms with van der Waals surface area (Å²) in [6.07, 6.45) is 0. The summed E-state index contributed by atoms with van der Waals surface area (Å²) in [5.74, 6) is 0.705. The van der Waals surface area contributed by atoms with Crippen molar-refractivity contribution in [1.29, 1.82) is 0 Å². The van der Waals surface area contributed by atoms with E-state index in [2.05, 4.69) is 19.2 Å². The first-order chi connectivity index (χ1) is 16.2. The van der Waals surface area contributed by atoms with Crippen molar-refractivity contribution in [1.82, 2.24) is 5.32 Å². The normalized spacial score (nSPS) is 11.3. The van der Waals surface area contributed by atoms with Crippen LogP contribution in [0.3, 0.4) is 0 Å². The molecule has 0 fully saturated rings. The van der Waals surface area contributed by atoms with Crippen LogP contribution in [0, 0.1) is 13.8 Å². The molecule has 6 nitrogen and oxygen atoms in total. The molecule has 34 heavy (non-hydrogen) atoms. The molecule has 0 unspecified atom stereocenters. The van der Waals surface area contributed by atoms with Crippen molar-refractivity contribution in [3.05, 3.63) is 89.5 Å². The van der Waals surface area contributed by atoms with Gasteiger partial charge in [0.15, 0.2) is 0 Å². The van der Waals surface area contributed by atoms with Crippen LogP contribution < -0.4 is 14.4 Å². The molecule has 1 amide bonds. The number of anilines is 1. The number of hydrogen-bond acceptors (Lipinski definition) is 4. The van der Waals surface area contributed by atoms with Crippen LogP contribution in [-0.4, -0.2) is 34.0 Å². The Hall–Kier alpha value is -3.32. The first-order valence-corrected chi connectivity index (χ1v) is 12.8. The number of carbonyl (C=O) groups excluding carboxylic acids is 1. The quantitative estimate of drug-likeness (QED) is 0.422. The Morgan fingerprint density at radius 3 is 2.32 bits per heavy atom. The van der Waals surface area contributed by atoms with Gasteiger partial charge in [-0.2, -0.15) is 0 Å². The van der Waals surface area contributed by atoms with Crippen molar-refractivity contribution in [2.75, 3.05) is 24.0 Å². The molecule has 1 N–H and O–H groups in total. The van der Waals surface area contributed by atoms with E-state index in [1.165, 1.54) is 16.4 Å². The molecule has 3 aromatic rings. The molecule has 0 aliphatic heterocycles. The van der Waals surface area contributed by atoms with Crippen molar-refractivity contribution in [3.8, 4) is 5.75 Å². The highest BCUT2D eigenvalue weighted by Crippen LogP contribution is 2.28. The van der Waals surface area contributed by atoms with E-state index in [1.807, 2.05) is 44.2 Å². The number of nitrogens with one attached hydrogen (secondary N) is 1. The monoisotopic (exact) mass is 480 g/mol. The number of benzene rings is 3. The summed E-state index contributed by atoms with van der Waals surface area (Å²) in [5.41, 5.74) is 3.34. The molecule has 0 atom stereocenters. The van der Waals surface area contributed by atoms with Crippen molar-refractivity contribution in [2.45, 2.75) is 38.5 Å². The lowest BCUT2D eigenvalue weighted by atomic mass is 10.0. The highest BCUT2D eigenvalue weighted by atomic mass is 32.2. The van der Waals surface area contributed by atoms with Gasteiger partial charge in [-0.15, -0.1) is 0 Å². The van der Waals surface area contributed by atoms with Gasteiger partial charge in [-0.1, -0.05) is 62.4 Å². The second kappa shape index (κ2) is 11.2. The number of rotatable bonds is 10. The fourth-order valence-electron chi connectivity index (χ4n) is 3.65. The van der Waals surface area contributed by atoms with Crippen molar-refractivity contribution in [3.63, 3.8) is 0 Å². The maximum absolute atomic E-state index is 13.5. The SMILES string of the molecule is Cc1cccc(N(CC(=O)NCCOc2ccccc2C(C)C)S(=O)(=O)c2ccccc2)c1C. The lowest BCUT2D eigenvalue weighted by Crippen LogP contribution is -2.42. The number of para-hydroxylation sites is 1. The van der Waals surface area contributed by atoms with Crippen molar-refractivity contribution < 1.29 is 17.9 Å². The fourth-order valence-corrected chi connectivity index (χ4v) is 5.15. The summed E-state index contributed by atoms with van der Waals surface area (Å²) in [6.45, 7) is 8.18. The number of amides is 1. The molecule has 0 saturated carbocycles. The van der Waals surface area contributed by atoms with Crippen LogP contribution in [0.4, 0.5) is 5.69 Å². The first-order valence-electron chi connectivity index (χ1n) is 11.3. The number of sulfonamides is 1. The Balaban J connectivity index is 1.73. The van der Waals surface area contributed by atoms with Gasteiger partial charge in [-0.3, -0.25) is 9.10 Å². The number of hydrogen-bond donors (Lipinski definition) is 1. The van der Waals surface area contributed by atoms with E-state index in [0.29, 0.717) is 11.6 Å². The van der Waals surface area contributed by atoms with Crippen LogP contribution in [-0.2, 0) is 14.8 Å². The summed E-state index contributed by atoms with van der Waals surface area (Å²) in [7, 11) is -3.94. The molecule has 3 aromatic carbocycles. The summed E-state index contributed by atoms with van der Waals surface area (Å²) in [4.78, 5) is 13.0. The predicted molar refractivity (Wildman–Crippen MR) is 136 cm³/mol. The van der Waals surface area contributed by atoms with Crippen LogP contribution in [0.1, 0.15) is 36.5 Å². The molecule has 0 heterocycles. The smallest absolute Gasteiger partial charge is 0.264 e. The average Bonchev–Trinajstić information content (AvgIpc) is 2.83. The maximum atomic E-state index is 13.5. The number of aryl methyl sites for hydroxylation is 1. The number of carbonyl (C=O) groups is 1. The van der Waals surface area contributed by atoms with Crippen LogP contribution in [0.15, 0.2) is 77.7 Å². The van der Waals surface area contributed by atoms with Crippen LogP contribution >= 0.6 is 0 Å². The molecule has 0 aromatic heterocycles. The zero-order chi connectivity index (χ0) is 24.7. The van der Waals surface area contributed by atoms with Gasteiger partial charge in [0.1, 0.15) is 18.9 Å². The molecule has 0 aliphatic carbocycles. The van der Waals surface area contributed by atoms with Gasteiger partial charge in [0.05, 0.1) is 17.1 Å². The van der Waals surface area contributed by atoms with Crippen molar-refractivity contribution >= 4 is 21.6 Å². The standard InChI is InChI=1S/C27H32N2O4S/c1-20(2)24-14-8-9-16-26(24)33-18-17-28-27(30)19-29(25-15-10-11-21(3)22(25)4)34(31,32)23-12-6-5-7-13-23/h5-16,20H,17-19H2,1-4H3,(H,28,30). The fraction of sp³-hybridized carbons (Fsp3) is 0.296. The number of nitrogens with zero attached hydrogens (tertiary/aromatic N) is 1. The van der Waals surface area contributed by atoms with Gasteiger partial charge in [-0.25, -0.2) is 8.42 Å². The Kier molecular flexibility index (Phi) is 8.34. The van der Waals surface area contributed by atoms with Crippen LogP contribution in [0.2, 0.25) is 0 Å². The van der Waals surface area contributed by atoms with Gasteiger partial charge in [0.2, 0.25) is 5.91 Å². The molecule has 0 aliphatic rings. The molecule has 0 radical (unpaired) electrons. The highest BCUT2D eigenvalue weighted by Gasteiger charge is 2.28. The van der Waals surface area contributed by atoms with Gasteiger partial charge in [0.25, 0.3) is 10.0 Å². The Morgan fingerprint density at radius 2 is 1.62 bits per heavy atom. The zero-order valence-electron chi connectivity index (χ0n) is 20.1. The van der Waals surface area contributed by atoms with E-state index in [1.54, 1.807) is 30.3 Å². The lowest BCUT2D eigenvalue weighted by Gasteiger charge is -2.26. The summed E-state index contributed by atoms with van der Waals surface area (Å²) < 4.78 is 34.0. The molecule has 0 bridgehead atoms. The van der Waals surface area contributed by atoms with E-state index in [9.17, 15) is 13.2 Å². The third-order valence-electron chi connectivity index (χ3n) is 5.69. The van der Waals surface area contributed by atoms with Gasteiger partial charge in [0, 0.05) is 0 Å². The third-order valence-corrected chi connectivity index (χ3v) is 7.46. The van der Waals surface area contributed by atoms with E-state index in [4.69, 9.17) is 4.74 Å². The van der Waals surface area contributed by atoms with Crippen LogP contribution in [0.5, 0.6) is 5.75 Å². The molecule has 0 saturated heterocycles. The second-order valence-corrected chi connectivity index (χ2v) is 10.3. The zero-order valence-corrected chi connectivity index (χ0v) is 20.9. The minimum Gasteiger partial charge on any atom is -0.491 e. The highest BCUT2D eigenvalue weighted by molar-refractivity contribution is 7.92. The number of ether oxygens (including phenoxy) is 1. The molecule has 3 rings (SSSR count). The molecular weight excluding hydrogens is 448 g/mol. The molecule has 7 heteroatoms. The topological polar surface area (TPSA) is 75.7 Å². The second-order valence-electron chi connectivity index (χ2n) is 8.43. The maximum Gasteiger partial charge on any atom is 0.264 e. The average molecular weight is 481 g/mol. The summed E-state index contributed by atoms with van der Waals surface area (Å²) in [5, 5.41) is 2.79. The minimum atomic E-state index is -3.94. The lowest BCUT2D eigenvalue weighted by molar-refractivity contribution is -0.119. The Labute approximate surface area is 202 Å². The van der Waals surface area contributed by atoms with Gasteiger partial charge in [-0.05, 0) is 60.7 Å². The first kappa shape index (κ1) is 25.3. The third kappa shape index (κ3) is 5.97. The van der Waals surface area contributed by atoms with Gasteiger partial charge < -0.3 is 10.1 Å². The predicted octanol–water partition coefficient (Wildman–Crippen LogP) is 4.82. The largest absolute Gasteiger partial charge is 0.491 e. The molecule has 180 valence electrons. The van der Waals surface area contributed by atoms with E-state index in [-0.39, 0.29) is 24.6 Å². The van der Waals surface area contributed by atoms with Crippen molar-refractivity contribution in [2.24, 2.45) is 0 Å². The Morgan fingerprint density at radius 1 is 0.941 bits per heavy atom. The Bertz CT molecular complexity index is 1220. The van der Waals surface area contributed by atoms with E-state index >= 15 is 0 Å². The summed E-state index contributed by atoms with van der Waals surface area (Å²) >= 11 is 0. The van der Waals surface area contributed by atoms with Crippen LogP contribution in [0.25, 0.3) is 0 Å². The van der Waals surface area contributed by atoms with E-state index < -0.39 is 15.9 Å². The molecular formula is C27H32N2O4S. The van der Waals surface area contributed by atoms with Gasteiger partial charge >= 0.3 is 0 Å². The summed E-state index contributed by atoms with van der Waals surface area (Å²) in [6, 6.07) is 21.4. The van der Waals surface area contributed by atoms with E-state index in [0.717, 1.165) is 22.4 Å². The minimum absolute atomic E-state index is 0.136.